The van der Waals surface area contributed by atoms with Gasteiger partial charge in [0.25, 0.3) is 5.91 Å². The van der Waals surface area contributed by atoms with E-state index in [4.69, 9.17) is 4.74 Å². The predicted molar refractivity (Wildman–Crippen MR) is 82.0 cm³/mol. The van der Waals surface area contributed by atoms with Gasteiger partial charge in [-0.25, -0.2) is 0 Å². The summed E-state index contributed by atoms with van der Waals surface area (Å²) in [5.41, 5.74) is 4.88. The summed E-state index contributed by atoms with van der Waals surface area (Å²) in [5.74, 6) is -0.0913. The predicted octanol–water partition coefficient (Wildman–Crippen LogP) is 3.86. The highest BCUT2D eigenvalue weighted by molar-refractivity contribution is 9.08. The molecule has 0 atom stereocenters. The third-order valence-corrected chi connectivity index (χ3v) is 3.97. The Morgan fingerprint density at radius 2 is 2.00 bits per heavy atom. The fraction of sp³-hybridized carbons (Fsp3) is 0.188. The number of benzene rings is 2. The van der Waals surface area contributed by atoms with Gasteiger partial charge in [0, 0.05) is 16.6 Å². The Hall–Kier alpha value is -1.65. The molecule has 4 heteroatoms. The molecule has 0 bridgehead atoms. The molecule has 1 aliphatic heterocycles. The maximum absolute atomic E-state index is 12.2. The molecule has 0 aliphatic carbocycles. The summed E-state index contributed by atoms with van der Waals surface area (Å²) in [6, 6.07) is 13.5. The zero-order chi connectivity index (χ0) is 13.9. The van der Waals surface area contributed by atoms with Crippen LogP contribution in [0.15, 0.2) is 42.5 Å². The summed E-state index contributed by atoms with van der Waals surface area (Å²) in [7, 11) is 0. The van der Waals surface area contributed by atoms with Crippen LogP contribution in [0.1, 0.15) is 27.0 Å². The molecule has 0 unspecified atom stereocenters. The Morgan fingerprint density at radius 3 is 2.85 bits per heavy atom. The molecule has 0 saturated heterocycles. The molecule has 3 rings (SSSR count). The zero-order valence-corrected chi connectivity index (χ0v) is 12.4. The van der Waals surface area contributed by atoms with Crippen molar-refractivity contribution in [3.63, 3.8) is 0 Å². The van der Waals surface area contributed by atoms with Gasteiger partial charge in [0.05, 0.1) is 13.2 Å². The summed E-state index contributed by atoms with van der Waals surface area (Å²) < 4.78 is 5.36. The van der Waals surface area contributed by atoms with Crippen LogP contribution >= 0.6 is 15.9 Å². The van der Waals surface area contributed by atoms with Crippen molar-refractivity contribution in [2.45, 2.75) is 18.5 Å². The van der Waals surface area contributed by atoms with Crippen molar-refractivity contribution in [2.75, 3.05) is 5.32 Å². The van der Waals surface area contributed by atoms with E-state index in [1.54, 1.807) is 0 Å². The Kier molecular flexibility index (Phi) is 3.85. The monoisotopic (exact) mass is 331 g/mol. The number of rotatable bonds is 3. The molecule has 0 fully saturated rings. The van der Waals surface area contributed by atoms with Crippen molar-refractivity contribution in [1.82, 2.24) is 0 Å². The van der Waals surface area contributed by atoms with Crippen molar-refractivity contribution in [3.8, 4) is 0 Å². The van der Waals surface area contributed by atoms with E-state index in [9.17, 15) is 4.79 Å². The van der Waals surface area contributed by atoms with E-state index in [-0.39, 0.29) is 5.91 Å². The van der Waals surface area contributed by atoms with E-state index in [2.05, 4.69) is 21.2 Å². The molecule has 0 spiro atoms. The van der Waals surface area contributed by atoms with Gasteiger partial charge in [0.15, 0.2) is 0 Å². The number of hydrogen-bond donors (Lipinski definition) is 1. The highest BCUT2D eigenvalue weighted by atomic mass is 79.9. The van der Waals surface area contributed by atoms with E-state index < -0.39 is 0 Å². The fourth-order valence-electron chi connectivity index (χ4n) is 2.25. The number of fused-ring (bicyclic) bond motifs is 1. The van der Waals surface area contributed by atoms with Crippen LogP contribution in [0.25, 0.3) is 0 Å². The van der Waals surface area contributed by atoms with Gasteiger partial charge in [0.2, 0.25) is 0 Å². The number of nitrogens with one attached hydrogen (secondary N) is 1. The molecule has 2 aromatic rings. The Balaban J connectivity index is 1.79. The van der Waals surface area contributed by atoms with E-state index in [1.165, 1.54) is 5.56 Å². The van der Waals surface area contributed by atoms with Gasteiger partial charge in [-0.05, 0) is 41.0 Å². The summed E-state index contributed by atoms with van der Waals surface area (Å²) >= 11 is 3.41. The number of anilines is 1. The normalized spacial score (nSPS) is 13.1. The third kappa shape index (κ3) is 2.76. The standard InChI is InChI=1S/C16H14BrNO2/c17-8-11-2-1-3-15(6-11)18-16(19)12-4-5-13-9-20-10-14(13)7-12/h1-7H,8-10H2,(H,18,19). The number of halogens is 1. The van der Waals surface area contributed by atoms with Crippen LogP contribution in [-0.2, 0) is 23.3 Å². The van der Waals surface area contributed by atoms with Crippen LogP contribution in [-0.4, -0.2) is 5.91 Å². The van der Waals surface area contributed by atoms with Crippen LogP contribution in [0.4, 0.5) is 5.69 Å². The first-order chi connectivity index (χ1) is 9.76. The van der Waals surface area contributed by atoms with Gasteiger partial charge in [-0.15, -0.1) is 0 Å². The maximum Gasteiger partial charge on any atom is 0.255 e. The quantitative estimate of drug-likeness (QED) is 0.867. The van der Waals surface area contributed by atoms with Crippen molar-refractivity contribution < 1.29 is 9.53 Å². The smallest absolute Gasteiger partial charge is 0.255 e. The van der Waals surface area contributed by atoms with Crippen molar-refractivity contribution >= 4 is 27.5 Å². The molecule has 1 aliphatic rings. The average molecular weight is 332 g/mol. The summed E-state index contributed by atoms with van der Waals surface area (Å²) in [5, 5.41) is 3.69. The molecular weight excluding hydrogens is 318 g/mol. The number of ether oxygens (including phenoxy) is 1. The van der Waals surface area contributed by atoms with Crippen LogP contribution in [0.5, 0.6) is 0 Å². The first kappa shape index (κ1) is 13.3. The lowest BCUT2D eigenvalue weighted by molar-refractivity contribution is 0.102. The highest BCUT2D eigenvalue weighted by Gasteiger charge is 2.14. The highest BCUT2D eigenvalue weighted by Crippen LogP contribution is 2.21. The van der Waals surface area contributed by atoms with E-state index >= 15 is 0 Å². The lowest BCUT2D eigenvalue weighted by Crippen LogP contribution is -2.12. The van der Waals surface area contributed by atoms with Crippen molar-refractivity contribution in [3.05, 3.63) is 64.7 Å². The van der Waals surface area contributed by atoms with E-state index in [1.807, 2.05) is 42.5 Å². The Morgan fingerprint density at radius 1 is 1.15 bits per heavy atom. The molecule has 3 nitrogen and oxygen atoms in total. The van der Waals surface area contributed by atoms with Gasteiger partial charge in [-0.2, -0.15) is 0 Å². The number of carbonyl (C=O) groups excluding carboxylic acids is 1. The number of hydrogen-bond acceptors (Lipinski definition) is 2. The molecule has 102 valence electrons. The van der Waals surface area contributed by atoms with E-state index in [0.29, 0.717) is 18.8 Å². The van der Waals surface area contributed by atoms with Gasteiger partial charge in [-0.1, -0.05) is 34.1 Å². The Bertz CT molecular complexity index is 655. The van der Waals surface area contributed by atoms with Crippen LogP contribution in [0.3, 0.4) is 0 Å². The van der Waals surface area contributed by atoms with Gasteiger partial charge < -0.3 is 10.1 Å². The molecule has 1 heterocycles. The minimum Gasteiger partial charge on any atom is -0.372 e. The summed E-state index contributed by atoms with van der Waals surface area (Å²) in [4.78, 5) is 12.2. The minimum absolute atomic E-state index is 0.0913. The average Bonchev–Trinajstić information content (AvgIpc) is 2.94. The molecule has 1 amide bonds. The van der Waals surface area contributed by atoms with E-state index in [0.717, 1.165) is 22.1 Å². The van der Waals surface area contributed by atoms with Gasteiger partial charge in [-0.3, -0.25) is 4.79 Å². The van der Waals surface area contributed by atoms with Crippen LogP contribution < -0.4 is 5.32 Å². The van der Waals surface area contributed by atoms with Crippen LogP contribution in [0, 0.1) is 0 Å². The summed E-state index contributed by atoms with van der Waals surface area (Å²) in [6.07, 6.45) is 0. The van der Waals surface area contributed by atoms with Gasteiger partial charge in [0.1, 0.15) is 0 Å². The van der Waals surface area contributed by atoms with Crippen molar-refractivity contribution in [1.29, 1.82) is 0 Å². The number of alkyl halides is 1. The largest absolute Gasteiger partial charge is 0.372 e. The SMILES string of the molecule is O=C(Nc1cccc(CBr)c1)c1ccc2c(c1)COC2. The number of carbonyl (C=O) groups is 1. The third-order valence-electron chi connectivity index (χ3n) is 3.32. The topological polar surface area (TPSA) is 38.3 Å². The molecule has 0 aromatic heterocycles. The first-order valence-corrected chi connectivity index (χ1v) is 7.54. The second-order valence-electron chi connectivity index (χ2n) is 4.76. The van der Waals surface area contributed by atoms with Crippen LogP contribution in [0.2, 0.25) is 0 Å². The summed E-state index contributed by atoms with van der Waals surface area (Å²) in [6.45, 7) is 1.24. The van der Waals surface area contributed by atoms with Gasteiger partial charge >= 0.3 is 0 Å². The first-order valence-electron chi connectivity index (χ1n) is 6.42. The number of amides is 1. The molecule has 20 heavy (non-hydrogen) atoms. The second kappa shape index (κ2) is 5.77. The minimum atomic E-state index is -0.0913. The zero-order valence-electron chi connectivity index (χ0n) is 10.9. The molecular formula is C16H14BrNO2. The molecule has 0 saturated carbocycles. The molecule has 1 N–H and O–H groups in total. The molecule has 0 radical (unpaired) electrons. The maximum atomic E-state index is 12.2. The fourth-order valence-corrected chi connectivity index (χ4v) is 2.60. The van der Waals surface area contributed by atoms with Crippen molar-refractivity contribution in [2.24, 2.45) is 0 Å². The molecule has 2 aromatic carbocycles. The Labute approximate surface area is 126 Å². The lowest BCUT2D eigenvalue weighted by atomic mass is 10.1. The second-order valence-corrected chi connectivity index (χ2v) is 5.33. The lowest BCUT2D eigenvalue weighted by Gasteiger charge is -2.07.